The van der Waals surface area contributed by atoms with Gasteiger partial charge in [0.05, 0.1) is 6.54 Å². The Balaban J connectivity index is 1.40. The van der Waals surface area contributed by atoms with Crippen molar-refractivity contribution >= 4 is 21.4 Å². The molecule has 0 aliphatic carbocycles. The summed E-state index contributed by atoms with van der Waals surface area (Å²) in [5, 5.41) is 0. The van der Waals surface area contributed by atoms with Crippen LogP contribution in [0.5, 0.6) is 17.2 Å². The molecular formula is C22H19NO7S. The lowest BCUT2D eigenvalue weighted by Gasteiger charge is -2.23. The fourth-order valence-electron chi connectivity index (χ4n) is 4.73. The molecule has 160 valence electrons. The Bertz CT molecular complexity index is 1270. The van der Waals surface area contributed by atoms with Crippen LogP contribution in [0.3, 0.4) is 0 Å². The summed E-state index contributed by atoms with van der Waals surface area (Å²) in [4.78, 5) is 15.5. The van der Waals surface area contributed by atoms with Crippen LogP contribution >= 0.6 is 0 Å². The minimum atomic E-state index is -3.33. The second-order valence-corrected chi connectivity index (χ2v) is 10.3. The maximum atomic E-state index is 13.9. The third-order valence-electron chi connectivity index (χ3n) is 6.26. The number of carbonyl (C=O) groups excluding carboxylic acids is 1. The van der Waals surface area contributed by atoms with E-state index >= 15 is 0 Å². The second kappa shape index (κ2) is 6.16. The molecule has 1 amide bonds. The van der Waals surface area contributed by atoms with Crippen molar-refractivity contribution in [2.45, 2.75) is 17.3 Å². The normalized spacial score (nSPS) is 25.3. The number of fused-ring (bicyclic) bond motifs is 5. The molecule has 0 fully saturated rings. The molecule has 0 N–H and O–H groups in total. The monoisotopic (exact) mass is 441 g/mol. The van der Waals surface area contributed by atoms with E-state index in [0.717, 1.165) is 23.1 Å². The number of hydrogen-bond acceptors (Lipinski definition) is 7. The first kappa shape index (κ1) is 18.6. The summed E-state index contributed by atoms with van der Waals surface area (Å²) in [6.45, 7) is 0.460. The summed E-state index contributed by atoms with van der Waals surface area (Å²) in [5.74, 6) is 2.12. The smallest absolute Gasteiger partial charge is 0.246 e. The maximum Gasteiger partial charge on any atom is 0.246 e. The van der Waals surface area contributed by atoms with E-state index in [2.05, 4.69) is 0 Å². The highest BCUT2D eigenvalue weighted by Gasteiger charge is 2.57. The van der Waals surface area contributed by atoms with Crippen LogP contribution in [-0.2, 0) is 24.8 Å². The van der Waals surface area contributed by atoms with Crippen molar-refractivity contribution in [2.24, 2.45) is 0 Å². The first-order chi connectivity index (χ1) is 14.9. The van der Waals surface area contributed by atoms with Crippen LogP contribution in [0.2, 0.25) is 0 Å². The van der Waals surface area contributed by atoms with Gasteiger partial charge >= 0.3 is 0 Å². The standard InChI is InChI=1S/C22H19NO7S/c1-31(25,26)20-7-6-13(30-20)10-23-16-5-3-2-4-14(16)22(21(23)24)11-27-17-9-19-18(8-15(17)22)28-12-29-19/h2-6,8-9,20H,7,10-12H2,1H3/t20-,22?/m0/s1. The van der Waals surface area contributed by atoms with E-state index in [1.54, 1.807) is 17.0 Å². The van der Waals surface area contributed by atoms with Crippen LogP contribution in [0.15, 0.2) is 48.2 Å². The van der Waals surface area contributed by atoms with Gasteiger partial charge in [-0.2, -0.15) is 0 Å². The molecule has 1 unspecified atom stereocenters. The average Bonchev–Trinajstić information content (AvgIpc) is 3.50. The molecule has 0 saturated carbocycles. The Morgan fingerprint density at radius 2 is 1.84 bits per heavy atom. The molecule has 9 heteroatoms. The number of benzene rings is 2. The minimum absolute atomic E-state index is 0.134. The molecule has 0 radical (unpaired) electrons. The number of rotatable bonds is 3. The third kappa shape index (κ3) is 2.52. The first-order valence-corrected chi connectivity index (χ1v) is 11.9. The molecule has 2 atom stereocenters. The SMILES string of the molecule is CS(=O)(=O)[C@H]1CC=C(CN2C(=O)C3(COc4cc5c(cc43)OCO5)c3ccccc32)O1. The van der Waals surface area contributed by atoms with Gasteiger partial charge in [-0.3, -0.25) is 4.79 Å². The van der Waals surface area contributed by atoms with Gasteiger partial charge in [0, 0.05) is 30.0 Å². The Kier molecular flexibility index (Phi) is 3.69. The number of carbonyl (C=O) groups is 1. The summed E-state index contributed by atoms with van der Waals surface area (Å²) in [7, 11) is -3.33. The van der Waals surface area contributed by atoms with E-state index < -0.39 is 20.7 Å². The van der Waals surface area contributed by atoms with Crippen LogP contribution in [0, 0.1) is 0 Å². The Morgan fingerprint density at radius 1 is 1.06 bits per heavy atom. The number of ether oxygens (including phenoxy) is 4. The van der Waals surface area contributed by atoms with Gasteiger partial charge in [-0.05, 0) is 23.8 Å². The zero-order chi connectivity index (χ0) is 21.4. The maximum absolute atomic E-state index is 13.9. The average molecular weight is 441 g/mol. The molecule has 0 aromatic heterocycles. The van der Waals surface area contributed by atoms with Crippen LogP contribution in [0.4, 0.5) is 5.69 Å². The van der Waals surface area contributed by atoms with E-state index in [9.17, 15) is 13.2 Å². The van der Waals surface area contributed by atoms with Gasteiger partial charge in [-0.25, -0.2) is 8.42 Å². The lowest BCUT2D eigenvalue weighted by molar-refractivity contribution is -0.122. The number of amides is 1. The highest BCUT2D eigenvalue weighted by Crippen LogP contribution is 2.55. The van der Waals surface area contributed by atoms with Gasteiger partial charge in [-0.1, -0.05) is 18.2 Å². The van der Waals surface area contributed by atoms with Crippen molar-refractivity contribution in [1.29, 1.82) is 0 Å². The number of nitrogens with zero attached hydrogens (tertiary/aromatic N) is 1. The van der Waals surface area contributed by atoms with Gasteiger partial charge in [-0.15, -0.1) is 0 Å². The predicted molar refractivity (Wildman–Crippen MR) is 110 cm³/mol. The van der Waals surface area contributed by atoms with Gasteiger partial charge in [0.25, 0.3) is 0 Å². The predicted octanol–water partition coefficient (Wildman–Crippen LogP) is 2.12. The van der Waals surface area contributed by atoms with Gasteiger partial charge in [0.1, 0.15) is 23.5 Å². The molecule has 4 aliphatic rings. The molecule has 31 heavy (non-hydrogen) atoms. The molecule has 0 bridgehead atoms. The van der Waals surface area contributed by atoms with Crippen molar-refractivity contribution in [3.05, 3.63) is 59.4 Å². The molecule has 8 nitrogen and oxygen atoms in total. The molecule has 4 aliphatic heterocycles. The van der Waals surface area contributed by atoms with Crippen LogP contribution in [0.1, 0.15) is 17.5 Å². The van der Waals surface area contributed by atoms with Gasteiger partial charge in [0.2, 0.25) is 18.1 Å². The van der Waals surface area contributed by atoms with Crippen molar-refractivity contribution in [3.63, 3.8) is 0 Å². The van der Waals surface area contributed by atoms with Crippen LogP contribution < -0.4 is 19.1 Å². The van der Waals surface area contributed by atoms with Crippen LogP contribution in [0.25, 0.3) is 0 Å². The summed E-state index contributed by atoms with van der Waals surface area (Å²) in [6, 6.07) is 11.2. The molecule has 4 heterocycles. The second-order valence-electron chi connectivity index (χ2n) is 8.09. The van der Waals surface area contributed by atoms with E-state index in [4.69, 9.17) is 18.9 Å². The highest BCUT2D eigenvalue weighted by molar-refractivity contribution is 7.91. The quantitative estimate of drug-likeness (QED) is 0.721. The summed E-state index contributed by atoms with van der Waals surface area (Å²) >= 11 is 0. The lowest BCUT2D eigenvalue weighted by Crippen LogP contribution is -2.43. The Hall–Kier alpha value is -3.20. The summed E-state index contributed by atoms with van der Waals surface area (Å²) in [6.07, 6.45) is 3.17. The van der Waals surface area contributed by atoms with E-state index in [-0.39, 0.29) is 32.3 Å². The van der Waals surface area contributed by atoms with Crippen molar-refractivity contribution in [3.8, 4) is 17.2 Å². The van der Waals surface area contributed by atoms with Crippen molar-refractivity contribution < 1.29 is 32.2 Å². The molecule has 6 rings (SSSR count). The molecule has 2 aromatic carbocycles. The summed E-state index contributed by atoms with van der Waals surface area (Å²) < 4.78 is 46.3. The van der Waals surface area contributed by atoms with Crippen molar-refractivity contribution in [1.82, 2.24) is 0 Å². The Morgan fingerprint density at radius 3 is 2.61 bits per heavy atom. The lowest BCUT2D eigenvalue weighted by atomic mass is 9.77. The summed E-state index contributed by atoms with van der Waals surface area (Å²) in [5.41, 5.74) is 0.444. The zero-order valence-electron chi connectivity index (χ0n) is 16.7. The topological polar surface area (TPSA) is 91.4 Å². The van der Waals surface area contributed by atoms with E-state index in [0.29, 0.717) is 23.0 Å². The molecular weight excluding hydrogens is 422 g/mol. The number of hydrogen-bond donors (Lipinski definition) is 0. The molecule has 1 spiro atoms. The third-order valence-corrected chi connectivity index (χ3v) is 7.50. The number of anilines is 1. The minimum Gasteiger partial charge on any atom is -0.491 e. The fraction of sp³-hybridized carbons (Fsp3) is 0.318. The van der Waals surface area contributed by atoms with Gasteiger partial charge < -0.3 is 23.8 Å². The number of sulfone groups is 1. The van der Waals surface area contributed by atoms with Crippen LogP contribution in [-0.4, -0.2) is 46.0 Å². The van der Waals surface area contributed by atoms with E-state index in [1.165, 1.54) is 0 Å². The Labute approximate surface area is 178 Å². The largest absolute Gasteiger partial charge is 0.491 e. The molecule has 2 aromatic rings. The highest BCUT2D eigenvalue weighted by atomic mass is 32.2. The van der Waals surface area contributed by atoms with E-state index in [1.807, 2.05) is 30.3 Å². The zero-order valence-corrected chi connectivity index (χ0v) is 17.5. The van der Waals surface area contributed by atoms with Crippen molar-refractivity contribution in [2.75, 3.05) is 31.1 Å². The first-order valence-electron chi connectivity index (χ1n) is 9.91. The van der Waals surface area contributed by atoms with Gasteiger partial charge in [0.15, 0.2) is 21.3 Å². The molecule has 0 saturated heterocycles. The fourth-order valence-corrected chi connectivity index (χ4v) is 5.48. The number of para-hydroxylation sites is 1.